The number of fused-ring (bicyclic) bond motifs is 1. The van der Waals surface area contributed by atoms with Crippen LogP contribution in [0.15, 0.2) is 52.9 Å². The predicted octanol–water partition coefficient (Wildman–Crippen LogP) is 4.06. The van der Waals surface area contributed by atoms with Crippen LogP contribution in [0.1, 0.15) is 5.56 Å². The maximum atomic E-state index is 5.62. The van der Waals surface area contributed by atoms with Crippen LogP contribution in [0.25, 0.3) is 11.1 Å². The molecule has 0 spiro atoms. The zero-order valence-electron chi connectivity index (χ0n) is 12.7. The first kappa shape index (κ1) is 14.8. The van der Waals surface area contributed by atoms with Crippen molar-refractivity contribution >= 4 is 23.3 Å². The second-order valence-electron chi connectivity index (χ2n) is 5.27. The molecule has 0 fully saturated rings. The monoisotopic (exact) mass is 314 g/mol. The Kier molecular flexibility index (Phi) is 4.27. The highest BCUT2D eigenvalue weighted by molar-refractivity contribution is 7.71. The largest absolute Gasteiger partial charge is 0.497 e. The van der Waals surface area contributed by atoms with Gasteiger partial charge in [0.2, 0.25) is 0 Å². The van der Waals surface area contributed by atoms with Gasteiger partial charge in [0.15, 0.2) is 5.58 Å². The molecule has 114 valence electrons. The zero-order chi connectivity index (χ0) is 15.5. The van der Waals surface area contributed by atoms with Crippen molar-refractivity contribution in [3.63, 3.8) is 0 Å². The summed E-state index contributed by atoms with van der Waals surface area (Å²) >= 11 is 5.33. The molecule has 1 heterocycles. The minimum atomic E-state index is 0.499. The molecule has 2 aromatic carbocycles. The van der Waals surface area contributed by atoms with Crippen molar-refractivity contribution in [2.75, 3.05) is 14.2 Å². The predicted molar refractivity (Wildman–Crippen MR) is 89.5 cm³/mol. The summed E-state index contributed by atoms with van der Waals surface area (Å²) in [6.45, 7) is 1.48. The normalized spacial score (nSPS) is 11.2. The van der Waals surface area contributed by atoms with Gasteiger partial charge in [-0.2, -0.15) is 0 Å². The van der Waals surface area contributed by atoms with Gasteiger partial charge in [-0.15, -0.1) is 0 Å². The molecule has 3 rings (SSSR count). The summed E-state index contributed by atoms with van der Waals surface area (Å²) in [5.74, 6) is 0.872. The van der Waals surface area contributed by atoms with Crippen LogP contribution in [0.3, 0.4) is 0 Å². The third-order valence-corrected chi connectivity index (χ3v) is 3.85. The zero-order valence-corrected chi connectivity index (χ0v) is 13.5. The molecule has 22 heavy (non-hydrogen) atoms. The number of nitrogens with zero attached hydrogens (tertiary/aromatic N) is 2. The number of rotatable bonds is 5. The number of aromatic nitrogens is 1. The van der Waals surface area contributed by atoms with E-state index in [2.05, 4.69) is 18.0 Å². The highest BCUT2D eigenvalue weighted by atomic mass is 32.1. The fourth-order valence-corrected chi connectivity index (χ4v) is 2.77. The summed E-state index contributed by atoms with van der Waals surface area (Å²) in [5.41, 5.74) is 3.04. The van der Waals surface area contributed by atoms with Gasteiger partial charge in [0.05, 0.1) is 19.3 Å². The molecule has 0 atom stereocenters. The van der Waals surface area contributed by atoms with Crippen molar-refractivity contribution < 1.29 is 9.15 Å². The van der Waals surface area contributed by atoms with Crippen LogP contribution in [0.4, 0.5) is 0 Å². The molecule has 0 saturated carbocycles. The maximum absolute atomic E-state index is 5.62. The SMILES string of the molecule is COc1cccc(CN(C)Cn2c(=S)oc3ccccc32)c1. The molecule has 0 aliphatic rings. The number of ether oxygens (including phenoxy) is 1. The Labute approximate surface area is 134 Å². The third-order valence-electron chi connectivity index (χ3n) is 3.54. The van der Waals surface area contributed by atoms with Crippen LogP contribution in [0, 0.1) is 4.84 Å². The Morgan fingerprint density at radius 3 is 2.82 bits per heavy atom. The van der Waals surface area contributed by atoms with Crippen LogP contribution >= 0.6 is 12.2 Å². The maximum Gasteiger partial charge on any atom is 0.270 e. The highest BCUT2D eigenvalue weighted by Gasteiger charge is 2.09. The number of hydrogen-bond donors (Lipinski definition) is 0. The molecule has 0 saturated heterocycles. The second kappa shape index (κ2) is 6.34. The van der Waals surface area contributed by atoms with Crippen molar-refractivity contribution in [3.8, 4) is 5.75 Å². The molecule has 0 aliphatic carbocycles. The van der Waals surface area contributed by atoms with Crippen molar-refractivity contribution in [2.24, 2.45) is 0 Å². The molecule has 0 N–H and O–H groups in total. The van der Waals surface area contributed by atoms with E-state index in [1.165, 1.54) is 5.56 Å². The summed E-state index contributed by atoms with van der Waals surface area (Å²) in [5, 5.41) is 0. The number of methoxy groups -OCH3 is 1. The van der Waals surface area contributed by atoms with E-state index in [-0.39, 0.29) is 0 Å². The molecular formula is C17H18N2O2S. The van der Waals surface area contributed by atoms with E-state index in [0.717, 1.165) is 23.4 Å². The summed E-state index contributed by atoms with van der Waals surface area (Å²) in [7, 11) is 3.74. The second-order valence-corrected chi connectivity index (χ2v) is 5.62. The van der Waals surface area contributed by atoms with Gasteiger partial charge in [0, 0.05) is 6.54 Å². The average molecular weight is 314 g/mol. The van der Waals surface area contributed by atoms with E-state index in [1.54, 1.807) is 7.11 Å². The van der Waals surface area contributed by atoms with E-state index in [1.807, 2.05) is 47.0 Å². The third kappa shape index (κ3) is 3.05. The van der Waals surface area contributed by atoms with Crippen LogP contribution in [0.5, 0.6) is 5.75 Å². The Morgan fingerprint density at radius 1 is 1.18 bits per heavy atom. The lowest BCUT2D eigenvalue weighted by Crippen LogP contribution is -2.21. The minimum Gasteiger partial charge on any atom is -0.497 e. The number of para-hydroxylation sites is 2. The minimum absolute atomic E-state index is 0.499. The molecular weight excluding hydrogens is 296 g/mol. The first-order valence-corrected chi connectivity index (χ1v) is 7.48. The Morgan fingerprint density at radius 2 is 2.00 bits per heavy atom. The quantitative estimate of drug-likeness (QED) is 0.664. The van der Waals surface area contributed by atoms with Crippen LogP contribution < -0.4 is 4.74 Å². The molecule has 0 bridgehead atoms. The van der Waals surface area contributed by atoms with Gasteiger partial charge in [-0.25, -0.2) is 0 Å². The molecule has 0 unspecified atom stereocenters. The van der Waals surface area contributed by atoms with E-state index < -0.39 is 0 Å². The summed E-state index contributed by atoms with van der Waals surface area (Å²) in [6.07, 6.45) is 0. The molecule has 0 radical (unpaired) electrons. The smallest absolute Gasteiger partial charge is 0.270 e. The topological polar surface area (TPSA) is 30.5 Å². The summed E-state index contributed by atoms with van der Waals surface area (Å²) in [4.78, 5) is 2.69. The van der Waals surface area contributed by atoms with Crippen molar-refractivity contribution in [2.45, 2.75) is 13.2 Å². The molecule has 4 nitrogen and oxygen atoms in total. The van der Waals surface area contributed by atoms with Crippen molar-refractivity contribution in [1.82, 2.24) is 9.47 Å². The van der Waals surface area contributed by atoms with E-state index in [0.29, 0.717) is 11.5 Å². The Balaban J connectivity index is 1.79. The first-order valence-electron chi connectivity index (χ1n) is 7.07. The molecule has 1 aromatic heterocycles. The molecule has 0 aliphatic heterocycles. The molecule has 0 amide bonds. The van der Waals surface area contributed by atoms with Crippen LogP contribution in [-0.2, 0) is 13.2 Å². The van der Waals surface area contributed by atoms with Crippen molar-refractivity contribution in [3.05, 3.63) is 58.9 Å². The standard InChI is InChI=1S/C17H18N2O2S/c1-18(11-13-6-5-7-14(10-13)20-2)12-19-15-8-3-4-9-16(15)21-17(19)22/h3-10H,11-12H2,1-2H3. The van der Waals surface area contributed by atoms with Crippen molar-refractivity contribution in [1.29, 1.82) is 0 Å². The fourth-order valence-electron chi connectivity index (χ4n) is 2.52. The van der Waals surface area contributed by atoms with Crippen LogP contribution in [-0.4, -0.2) is 23.6 Å². The average Bonchev–Trinajstić information content (AvgIpc) is 2.83. The van der Waals surface area contributed by atoms with E-state index in [4.69, 9.17) is 21.4 Å². The molecule has 5 heteroatoms. The number of hydrogen-bond acceptors (Lipinski definition) is 4. The van der Waals surface area contributed by atoms with Gasteiger partial charge in [-0.3, -0.25) is 9.47 Å². The van der Waals surface area contributed by atoms with Gasteiger partial charge < -0.3 is 9.15 Å². The fraction of sp³-hybridized carbons (Fsp3) is 0.235. The lowest BCUT2D eigenvalue weighted by molar-refractivity contribution is 0.257. The van der Waals surface area contributed by atoms with Gasteiger partial charge in [-0.1, -0.05) is 24.3 Å². The Bertz CT molecular complexity index is 838. The molecule has 3 aromatic rings. The Hall–Kier alpha value is -2.11. The van der Waals surface area contributed by atoms with Gasteiger partial charge in [-0.05, 0) is 49.1 Å². The van der Waals surface area contributed by atoms with Gasteiger partial charge in [0.25, 0.3) is 4.84 Å². The number of benzene rings is 2. The highest BCUT2D eigenvalue weighted by Crippen LogP contribution is 2.18. The summed E-state index contributed by atoms with van der Waals surface area (Å²) in [6, 6.07) is 16.0. The van der Waals surface area contributed by atoms with E-state index in [9.17, 15) is 0 Å². The van der Waals surface area contributed by atoms with Gasteiger partial charge >= 0.3 is 0 Å². The number of oxazole rings is 1. The lowest BCUT2D eigenvalue weighted by atomic mass is 10.2. The summed E-state index contributed by atoms with van der Waals surface area (Å²) < 4.78 is 12.9. The van der Waals surface area contributed by atoms with Gasteiger partial charge in [0.1, 0.15) is 5.75 Å². The first-order chi connectivity index (χ1) is 10.7. The van der Waals surface area contributed by atoms with Crippen LogP contribution in [0.2, 0.25) is 0 Å². The van der Waals surface area contributed by atoms with E-state index >= 15 is 0 Å². The lowest BCUT2D eigenvalue weighted by Gasteiger charge is -2.17.